The Bertz CT molecular complexity index is 751. The van der Waals surface area contributed by atoms with Gasteiger partial charge in [-0.1, -0.05) is 53.5 Å². The van der Waals surface area contributed by atoms with E-state index < -0.39 is 0 Å². The molecular formula is C20H22Cl2N2O2. The van der Waals surface area contributed by atoms with E-state index in [9.17, 15) is 9.59 Å². The Balaban J connectivity index is 1.79. The molecule has 0 aromatic heterocycles. The summed E-state index contributed by atoms with van der Waals surface area (Å²) in [6.07, 6.45) is 1.97. The van der Waals surface area contributed by atoms with Crippen LogP contribution in [0.2, 0.25) is 10.0 Å². The van der Waals surface area contributed by atoms with Crippen LogP contribution in [0, 0.1) is 0 Å². The standard InChI is InChI=1S/C20H22Cl2N2O2/c1-15(25)24(12-5-8-16-6-3-2-4-7-16)13-11-20(26)23-19-10-9-17(21)14-18(19)22/h2-4,6-7,9-10,14H,5,8,11-13H2,1H3,(H,23,26). The van der Waals surface area contributed by atoms with E-state index in [0.717, 1.165) is 12.8 Å². The third kappa shape index (κ3) is 6.70. The van der Waals surface area contributed by atoms with Gasteiger partial charge in [0, 0.05) is 31.5 Å². The predicted octanol–water partition coefficient (Wildman–Crippen LogP) is 4.80. The van der Waals surface area contributed by atoms with Gasteiger partial charge in [-0.2, -0.15) is 0 Å². The summed E-state index contributed by atoms with van der Waals surface area (Å²) in [4.78, 5) is 25.6. The molecule has 0 radical (unpaired) electrons. The van der Waals surface area contributed by atoms with Crippen molar-refractivity contribution in [1.29, 1.82) is 0 Å². The molecule has 0 heterocycles. The summed E-state index contributed by atoms with van der Waals surface area (Å²) < 4.78 is 0. The van der Waals surface area contributed by atoms with Crippen LogP contribution in [0.25, 0.3) is 0 Å². The van der Waals surface area contributed by atoms with Gasteiger partial charge in [0.2, 0.25) is 11.8 Å². The first-order valence-corrected chi connectivity index (χ1v) is 9.25. The largest absolute Gasteiger partial charge is 0.342 e. The maximum Gasteiger partial charge on any atom is 0.226 e. The van der Waals surface area contributed by atoms with Crippen LogP contribution in [-0.4, -0.2) is 29.8 Å². The lowest BCUT2D eigenvalue weighted by Crippen LogP contribution is -2.33. The summed E-state index contributed by atoms with van der Waals surface area (Å²) in [6, 6.07) is 15.0. The molecule has 4 nitrogen and oxygen atoms in total. The van der Waals surface area contributed by atoms with Crippen molar-refractivity contribution in [2.75, 3.05) is 18.4 Å². The molecule has 2 aromatic carbocycles. The van der Waals surface area contributed by atoms with E-state index in [1.165, 1.54) is 12.5 Å². The van der Waals surface area contributed by atoms with Crippen LogP contribution in [0.15, 0.2) is 48.5 Å². The average molecular weight is 393 g/mol. The number of hydrogen-bond donors (Lipinski definition) is 1. The highest BCUT2D eigenvalue weighted by atomic mass is 35.5. The molecule has 2 rings (SSSR count). The first-order chi connectivity index (χ1) is 12.5. The van der Waals surface area contributed by atoms with Gasteiger partial charge in [0.1, 0.15) is 0 Å². The zero-order valence-corrected chi connectivity index (χ0v) is 16.2. The molecule has 0 saturated heterocycles. The highest BCUT2D eigenvalue weighted by Crippen LogP contribution is 2.25. The van der Waals surface area contributed by atoms with Crippen LogP contribution >= 0.6 is 23.2 Å². The van der Waals surface area contributed by atoms with Crippen molar-refractivity contribution in [2.24, 2.45) is 0 Å². The Morgan fingerprint density at radius 1 is 1.04 bits per heavy atom. The van der Waals surface area contributed by atoms with Crippen molar-refractivity contribution < 1.29 is 9.59 Å². The minimum atomic E-state index is -0.191. The fraction of sp³-hybridized carbons (Fsp3) is 0.300. The topological polar surface area (TPSA) is 49.4 Å². The number of aryl methyl sites for hydroxylation is 1. The fourth-order valence-electron chi connectivity index (χ4n) is 2.59. The Labute approximate surface area is 164 Å². The van der Waals surface area contributed by atoms with Crippen molar-refractivity contribution in [1.82, 2.24) is 4.90 Å². The number of nitrogens with one attached hydrogen (secondary N) is 1. The van der Waals surface area contributed by atoms with Crippen molar-refractivity contribution in [3.63, 3.8) is 0 Å². The van der Waals surface area contributed by atoms with Gasteiger partial charge in [-0.15, -0.1) is 0 Å². The van der Waals surface area contributed by atoms with Crippen LogP contribution in [0.4, 0.5) is 5.69 Å². The van der Waals surface area contributed by atoms with Gasteiger partial charge in [-0.25, -0.2) is 0 Å². The molecule has 0 unspecified atom stereocenters. The second-order valence-corrected chi connectivity index (χ2v) is 6.86. The summed E-state index contributed by atoms with van der Waals surface area (Å²) in [5, 5.41) is 3.64. The van der Waals surface area contributed by atoms with Crippen LogP contribution in [0.1, 0.15) is 25.3 Å². The molecular weight excluding hydrogens is 371 g/mol. The maximum absolute atomic E-state index is 12.1. The maximum atomic E-state index is 12.1. The second kappa shape index (κ2) is 10.2. The normalized spacial score (nSPS) is 10.4. The highest BCUT2D eigenvalue weighted by Gasteiger charge is 2.12. The van der Waals surface area contributed by atoms with E-state index in [1.54, 1.807) is 23.1 Å². The number of amides is 2. The quantitative estimate of drug-likeness (QED) is 0.700. The van der Waals surface area contributed by atoms with Gasteiger partial charge in [0.15, 0.2) is 0 Å². The molecule has 0 aliphatic carbocycles. The van der Waals surface area contributed by atoms with Crippen LogP contribution in [0.5, 0.6) is 0 Å². The molecule has 0 fully saturated rings. The molecule has 6 heteroatoms. The first kappa shape index (κ1) is 20.3. The number of carbonyl (C=O) groups excluding carboxylic acids is 2. The lowest BCUT2D eigenvalue weighted by atomic mass is 10.1. The van der Waals surface area contributed by atoms with E-state index in [2.05, 4.69) is 17.4 Å². The van der Waals surface area contributed by atoms with Crippen molar-refractivity contribution >= 4 is 40.7 Å². The molecule has 0 aliphatic heterocycles. The molecule has 2 amide bonds. The van der Waals surface area contributed by atoms with E-state index in [0.29, 0.717) is 28.8 Å². The van der Waals surface area contributed by atoms with Crippen LogP contribution < -0.4 is 5.32 Å². The molecule has 26 heavy (non-hydrogen) atoms. The van der Waals surface area contributed by atoms with Crippen LogP contribution in [-0.2, 0) is 16.0 Å². The number of halogens is 2. The lowest BCUT2D eigenvalue weighted by Gasteiger charge is -2.21. The minimum absolute atomic E-state index is 0.0320. The van der Waals surface area contributed by atoms with E-state index in [-0.39, 0.29) is 18.2 Å². The highest BCUT2D eigenvalue weighted by molar-refractivity contribution is 6.36. The molecule has 1 N–H and O–H groups in total. The molecule has 0 aliphatic rings. The third-order valence-corrected chi connectivity index (χ3v) is 4.54. The van der Waals surface area contributed by atoms with Crippen molar-refractivity contribution in [3.8, 4) is 0 Å². The SMILES string of the molecule is CC(=O)N(CCCc1ccccc1)CCC(=O)Nc1ccc(Cl)cc1Cl. The number of hydrogen-bond acceptors (Lipinski definition) is 2. The minimum Gasteiger partial charge on any atom is -0.342 e. The Hall–Kier alpha value is -2.04. The second-order valence-electron chi connectivity index (χ2n) is 6.02. The van der Waals surface area contributed by atoms with Crippen LogP contribution in [0.3, 0.4) is 0 Å². The first-order valence-electron chi connectivity index (χ1n) is 8.50. The summed E-state index contributed by atoms with van der Waals surface area (Å²) in [5.74, 6) is -0.223. The molecule has 0 atom stereocenters. The van der Waals surface area contributed by atoms with Gasteiger partial charge in [-0.05, 0) is 36.6 Å². The van der Waals surface area contributed by atoms with Gasteiger partial charge >= 0.3 is 0 Å². The molecule has 0 bridgehead atoms. The molecule has 2 aromatic rings. The molecule has 0 saturated carbocycles. The summed E-state index contributed by atoms with van der Waals surface area (Å²) >= 11 is 11.9. The number of rotatable bonds is 8. The zero-order chi connectivity index (χ0) is 18.9. The Kier molecular flexibility index (Phi) is 7.95. The van der Waals surface area contributed by atoms with Crippen molar-refractivity contribution in [2.45, 2.75) is 26.2 Å². The fourth-order valence-corrected chi connectivity index (χ4v) is 3.04. The van der Waals surface area contributed by atoms with Gasteiger partial charge in [-0.3, -0.25) is 9.59 Å². The predicted molar refractivity (Wildman–Crippen MR) is 107 cm³/mol. The number of carbonyl (C=O) groups is 2. The van der Waals surface area contributed by atoms with E-state index in [4.69, 9.17) is 23.2 Å². The summed E-state index contributed by atoms with van der Waals surface area (Å²) in [7, 11) is 0. The average Bonchev–Trinajstić information content (AvgIpc) is 2.61. The summed E-state index contributed by atoms with van der Waals surface area (Å²) in [6.45, 7) is 2.52. The zero-order valence-electron chi connectivity index (χ0n) is 14.7. The monoisotopic (exact) mass is 392 g/mol. The van der Waals surface area contributed by atoms with Gasteiger partial charge in [0.25, 0.3) is 0 Å². The smallest absolute Gasteiger partial charge is 0.226 e. The van der Waals surface area contributed by atoms with E-state index in [1.807, 2.05) is 18.2 Å². The molecule has 138 valence electrons. The Morgan fingerprint density at radius 3 is 2.42 bits per heavy atom. The molecule has 0 spiro atoms. The van der Waals surface area contributed by atoms with E-state index >= 15 is 0 Å². The van der Waals surface area contributed by atoms with Gasteiger partial charge in [0.05, 0.1) is 10.7 Å². The Morgan fingerprint density at radius 2 is 1.77 bits per heavy atom. The van der Waals surface area contributed by atoms with Gasteiger partial charge < -0.3 is 10.2 Å². The number of anilines is 1. The summed E-state index contributed by atoms with van der Waals surface area (Å²) in [5.41, 5.74) is 1.76. The number of benzene rings is 2. The van der Waals surface area contributed by atoms with Crippen molar-refractivity contribution in [3.05, 3.63) is 64.1 Å². The lowest BCUT2D eigenvalue weighted by molar-refractivity contribution is -0.129. The third-order valence-electron chi connectivity index (χ3n) is 4.00. The number of nitrogens with zero attached hydrogens (tertiary/aromatic N) is 1.